The molecular weight excluding hydrogens is 519 g/mol. The summed E-state index contributed by atoms with van der Waals surface area (Å²) in [5.74, 6) is 0.916. The Morgan fingerprint density at radius 1 is 0.833 bits per heavy atom. The Bertz CT molecular complexity index is 696. The maximum atomic E-state index is 6.22. The van der Waals surface area contributed by atoms with Gasteiger partial charge in [0.25, 0.3) is 0 Å². The van der Waals surface area contributed by atoms with Crippen LogP contribution in [0, 0.1) is 0 Å². The summed E-state index contributed by atoms with van der Waals surface area (Å²) in [5.41, 5.74) is 2.56. The molecule has 0 radical (unpaired) electrons. The largest absolute Gasteiger partial charge is 0.500 e. The number of rotatable bonds is 15. The molecule has 0 amide bonds. The first kappa shape index (κ1) is 27.4. The molecule has 0 aliphatic heterocycles. The minimum absolute atomic E-state index is 0.126. The van der Waals surface area contributed by atoms with Gasteiger partial charge in [-0.2, -0.15) is 0 Å². The fraction of sp³-hybridized carbons (Fsp3) is 0.368. The first-order valence-corrected chi connectivity index (χ1v) is 11.1. The molecule has 1 aromatic carbocycles. The molecule has 0 saturated carbocycles. The van der Waals surface area contributed by atoms with E-state index in [9.17, 15) is 0 Å². The molecule has 0 aliphatic carbocycles. The van der Waals surface area contributed by atoms with Gasteiger partial charge in [-0.05, 0) is 31.4 Å². The van der Waals surface area contributed by atoms with Crippen molar-refractivity contribution in [2.24, 2.45) is 0 Å². The number of unbranched alkanes of at least 4 members (excludes halogenated alkanes) is 2. The fourth-order valence-electron chi connectivity index (χ4n) is 1.94. The van der Waals surface area contributed by atoms with Crippen LogP contribution >= 0.6 is 69.6 Å². The molecule has 0 heterocycles. The first-order chi connectivity index (χ1) is 14.4. The van der Waals surface area contributed by atoms with Crippen molar-refractivity contribution in [3.05, 3.63) is 55.8 Å². The van der Waals surface area contributed by atoms with Crippen LogP contribution in [0.1, 0.15) is 19.3 Å². The topological polar surface area (TPSA) is 49.0 Å². The van der Waals surface area contributed by atoms with Crippen LogP contribution in [0.15, 0.2) is 45.7 Å². The first-order valence-electron chi connectivity index (χ1n) is 8.81. The van der Waals surface area contributed by atoms with Crippen molar-refractivity contribution in [3.8, 4) is 11.5 Å². The number of hydrogen-bond donors (Lipinski definition) is 1. The zero-order chi connectivity index (χ0) is 22.2. The summed E-state index contributed by atoms with van der Waals surface area (Å²) in [6.45, 7) is 1.50. The van der Waals surface area contributed by atoms with E-state index in [1.165, 1.54) is 24.6 Å². The maximum absolute atomic E-state index is 6.22. The highest BCUT2D eigenvalue weighted by Gasteiger charge is 2.10. The van der Waals surface area contributed by atoms with E-state index in [1.54, 1.807) is 12.1 Å². The highest BCUT2D eigenvalue weighted by molar-refractivity contribution is 6.56. The monoisotopic (exact) mass is 537 g/mol. The molecule has 0 aromatic heterocycles. The lowest BCUT2D eigenvalue weighted by Crippen LogP contribution is -2.06. The van der Waals surface area contributed by atoms with Crippen LogP contribution in [-0.4, -0.2) is 26.4 Å². The second kappa shape index (κ2) is 17.0. The van der Waals surface area contributed by atoms with Crippen molar-refractivity contribution < 1.29 is 19.0 Å². The predicted octanol–water partition coefficient (Wildman–Crippen LogP) is 7.57. The second-order valence-electron chi connectivity index (χ2n) is 5.53. The van der Waals surface area contributed by atoms with Gasteiger partial charge < -0.3 is 14.2 Å². The van der Waals surface area contributed by atoms with Gasteiger partial charge in [0.2, 0.25) is 0 Å². The van der Waals surface area contributed by atoms with E-state index in [4.69, 9.17) is 88.7 Å². The van der Waals surface area contributed by atoms with Gasteiger partial charge in [0.15, 0.2) is 5.75 Å². The van der Waals surface area contributed by atoms with E-state index in [-0.39, 0.29) is 22.2 Å². The SMILES string of the molecule is ClC(Cl)=CCONC=COCCCCCOc1c(Cl)cc(OCC=C(Cl)Cl)cc1Cl. The van der Waals surface area contributed by atoms with Crippen molar-refractivity contribution >= 4 is 69.6 Å². The van der Waals surface area contributed by atoms with Crippen LogP contribution < -0.4 is 15.0 Å². The highest BCUT2D eigenvalue weighted by atomic mass is 35.5. The molecule has 0 unspecified atom stereocenters. The third kappa shape index (κ3) is 13.6. The quantitative estimate of drug-likeness (QED) is 0.141. The number of ether oxygens (including phenoxy) is 3. The van der Waals surface area contributed by atoms with E-state index in [2.05, 4.69) is 5.48 Å². The molecule has 0 aliphatic rings. The molecule has 168 valence electrons. The molecular formula is C19H21Cl6NO4. The third-order valence-electron chi connectivity index (χ3n) is 3.25. The van der Waals surface area contributed by atoms with E-state index < -0.39 is 0 Å². The lowest BCUT2D eigenvalue weighted by molar-refractivity contribution is 0.0920. The number of halogens is 6. The molecule has 0 spiro atoms. The van der Waals surface area contributed by atoms with Crippen molar-refractivity contribution in [2.75, 3.05) is 26.4 Å². The normalized spacial score (nSPS) is 10.6. The van der Waals surface area contributed by atoms with Gasteiger partial charge in [-0.15, -0.1) is 0 Å². The third-order valence-corrected chi connectivity index (χ3v) is 4.43. The molecule has 1 rings (SSSR count). The van der Waals surface area contributed by atoms with Crippen molar-refractivity contribution in [2.45, 2.75) is 19.3 Å². The van der Waals surface area contributed by atoms with Crippen LogP contribution in [0.25, 0.3) is 0 Å². The average Bonchev–Trinajstić information content (AvgIpc) is 2.66. The summed E-state index contributed by atoms with van der Waals surface area (Å²) in [7, 11) is 0. The summed E-state index contributed by atoms with van der Waals surface area (Å²) < 4.78 is 16.7. The Hall–Kier alpha value is -0.660. The average molecular weight is 540 g/mol. The Morgan fingerprint density at radius 2 is 1.47 bits per heavy atom. The lowest BCUT2D eigenvalue weighted by Gasteiger charge is -2.12. The van der Waals surface area contributed by atoms with Crippen molar-refractivity contribution in [1.82, 2.24) is 5.48 Å². The summed E-state index contributed by atoms with van der Waals surface area (Å²) in [6, 6.07) is 3.24. The van der Waals surface area contributed by atoms with Gasteiger partial charge in [-0.1, -0.05) is 69.6 Å². The molecule has 0 atom stereocenters. The number of benzene rings is 1. The Kier molecular flexibility index (Phi) is 15.5. The van der Waals surface area contributed by atoms with Crippen LogP contribution in [0.5, 0.6) is 11.5 Å². The fourth-order valence-corrected chi connectivity index (χ4v) is 2.77. The summed E-state index contributed by atoms with van der Waals surface area (Å²) in [4.78, 5) is 4.98. The Balaban J connectivity index is 2.16. The van der Waals surface area contributed by atoms with Gasteiger partial charge in [-0.3, -0.25) is 10.3 Å². The Labute approximate surface area is 206 Å². The van der Waals surface area contributed by atoms with Gasteiger partial charge in [0, 0.05) is 12.1 Å². The minimum atomic E-state index is 0.126. The van der Waals surface area contributed by atoms with Crippen LogP contribution in [0.4, 0.5) is 0 Å². The molecule has 11 heteroatoms. The molecule has 1 N–H and O–H groups in total. The van der Waals surface area contributed by atoms with Crippen LogP contribution in [0.2, 0.25) is 10.0 Å². The Morgan fingerprint density at radius 3 is 2.13 bits per heavy atom. The van der Waals surface area contributed by atoms with Gasteiger partial charge in [0.1, 0.15) is 27.6 Å². The molecule has 1 aromatic rings. The van der Waals surface area contributed by atoms with Crippen molar-refractivity contribution in [3.63, 3.8) is 0 Å². The van der Waals surface area contributed by atoms with E-state index in [1.807, 2.05) is 0 Å². The minimum Gasteiger partial charge on any atom is -0.500 e. The smallest absolute Gasteiger partial charge is 0.156 e. The molecule has 30 heavy (non-hydrogen) atoms. The van der Waals surface area contributed by atoms with Gasteiger partial charge in [-0.25, -0.2) is 0 Å². The van der Waals surface area contributed by atoms with E-state index >= 15 is 0 Å². The molecule has 0 saturated heterocycles. The van der Waals surface area contributed by atoms with Crippen molar-refractivity contribution in [1.29, 1.82) is 0 Å². The summed E-state index contributed by atoms with van der Waals surface area (Å²) in [5, 5.41) is 0.732. The summed E-state index contributed by atoms with van der Waals surface area (Å²) >= 11 is 34.4. The van der Waals surface area contributed by atoms with Crippen LogP contribution in [-0.2, 0) is 9.57 Å². The van der Waals surface area contributed by atoms with Gasteiger partial charge >= 0.3 is 0 Å². The standard InChI is InChI=1S/C19H21Cl6NO4/c20-15-12-14(28-9-4-17(22)23)13-16(21)19(15)29-8-3-1-2-7-27-11-6-26-30-10-5-18(24)25/h4-6,11-13,26H,1-3,7-10H2. The maximum Gasteiger partial charge on any atom is 0.156 e. The number of hydrogen-bond acceptors (Lipinski definition) is 5. The zero-order valence-electron chi connectivity index (χ0n) is 15.8. The zero-order valence-corrected chi connectivity index (χ0v) is 20.4. The number of nitrogens with one attached hydrogen (secondary N) is 1. The molecule has 0 fully saturated rings. The summed E-state index contributed by atoms with van der Waals surface area (Å²) in [6.07, 6.45) is 8.65. The van der Waals surface area contributed by atoms with Crippen LogP contribution in [0.3, 0.4) is 0 Å². The molecule has 0 bridgehead atoms. The van der Waals surface area contributed by atoms with Gasteiger partial charge in [0.05, 0.1) is 36.1 Å². The van der Waals surface area contributed by atoms with E-state index in [0.717, 1.165) is 19.3 Å². The van der Waals surface area contributed by atoms with E-state index in [0.29, 0.717) is 34.8 Å². The number of hydroxylamine groups is 1. The second-order valence-corrected chi connectivity index (χ2v) is 8.36. The lowest BCUT2D eigenvalue weighted by atomic mass is 10.2. The highest BCUT2D eigenvalue weighted by Crippen LogP contribution is 2.37. The molecule has 5 nitrogen and oxygen atoms in total. The predicted molar refractivity (Wildman–Crippen MR) is 125 cm³/mol.